The predicted octanol–water partition coefficient (Wildman–Crippen LogP) is 4.09. The zero-order valence-electron chi connectivity index (χ0n) is 14.6. The van der Waals surface area contributed by atoms with Crippen molar-refractivity contribution in [1.29, 1.82) is 0 Å². The van der Waals surface area contributed by atoms with Crippen LogP contribution in [-0.2, 0) is 19.3 Å². The van der Waals surface area contributed by atoms with E-state index in [0.29, 0.717) is 12.5 Å². The molecule has 1 aliphatic heterocycles. The van der Waals surface area contributed by atoms with Crippen molar-refractivity contribution in [3.05, 3.63) is 47.8 Å². The van der Waals surface area contributed by atoms with Crippen LogP contribution in [0.3, 0.4) is 0 Å². The lowest BCUT2D eigenvalue weighted by Crippen LogP contribution is -2.35. The van der Waals surface area contributed by atoms with Crippen LogP contribution in [-0.4, -0.2) is 32.5 Å². The Morgan fingerprint density at radius 3 is 2.65 bits per heavy atom. The zero-order valence-corrected chi connectivity index (χ0v) is 14.6. The predicted molar refractivity (Wildman–Crippen MR) is 91.4 cm³/mol. The number of halogens is 3. The minimum Gasteiger partial charge on any atom is -0.334 e. The summed E-state index contributed by atoms with van der Waals surface area (Å²) in [5, 5.41) is 0. The van der Waals surface area contributed by atoms with Crippen molar-refractivity contribution >= 4 is 0 Å². The summed E-state index contributed by atoms with van der Waals surface area (Å²) in [7, 11) is 0. The average Bonchev–Trinajstić information content (AvgIpc) is 3.30. The first-order chi connectivity index (χ1) is 12.5. The topological polar surface area (TPSA) is 34.0 Å². The monoisotopic (exact) mass is 364 g/mol. The highest BCUT2D eigenvalue weighted by Crippen LogP contribution is 2.33. The van der Waals surface area contributed by atoms with E-state index in [1.807, 2.05) is 6.20 Å². The zero-order chi connectivity index (χ0) is 18.1. The van der Waals surface area contributed by atoms with Gasteiger partial charge < -0.3 is 4.57 Å². The summed E-state index contributed by atoms with van der Waals surface area (Å²) in [6.45, 7) is 3.54. The van der Waals surface area contributed by atoms with E-state index < -0.39 is 11.9 Å². The highest BCUT2D eigenvalue weighted by atomic mass is 19.4. The number of likely N-dealkylation sites (tertiary alicyclic amines) is 1. The first-order valence-corrected chi connectivity index (χ1v) is 9.24. The SMILES string of the molecule is FC(F)(F)c1ccc(CN2CCCC(c3nccn3CC3CC3)C2)cn1. The number of pyridine rings is 1. The molecular weight excluding hydrogens is 341 g/mol. The van der Waals surface area contributed by atoms with Crippen LogP contribution < -0.4 is 0 Å². The maximum atomic E-state index is 12.6. The Morgan fingerprint density at radius 2 is 1.96 bits per heavy atom. The second kappa shape index (κ2) is 7.02. The minimum atomic E-state index is -4.38. The molecule has 1 aliphatic carbocycles. The Balaban J connectivity index is 1.40. The number of piperidine rings is 1. The van der Waals surface area contributed by atoms with E-state index in [4.69, 9.17) is 0 Å². The van der Waals surface area contributed by atoms with Crippen molar-refractivity contribution in [2.75, 3.05) is 13.1 Å². The number of hydrogen-bond donors (Lipinski definition) is 0. The van der Waals surface area contributed by atoms with Gasteiger partial charge in [-0.3, -0.25) is 9.88 Å². The van der Waals surface area contributed by atoms with Crippen LogP contribution in [0.15, 0.2) is 30.7 Å². The Kier molecular flexibility index (Phi) is 4.73. The molecule has 26 heavy (non-hydrogen) atoms. The standard InChI is InChI=1S/C19H23F3N4/c20-19(21,22)17-6-5-15(10-24-17)11-25-8-1-2-16(13-25)18-23-7-9-26(18)12-14-3-4-14/h5-7,9-10,14,16H,1-4,8,11-13H2. The maximum Gasteiger partial charge on any atom is 0.433 e. The van der Waals surface area contributed by atoms with Gasteiger partial charge in [0.2, 0.25) is 0 Å². The van der Waals surface area contributed by atoms with Gasteiger partial charge in [0.1, 0.15) is 11.5 Å². The number of nitrogens with zero attached hydrogens (tertiary/aromatic N) is 4. The summed E-state index contributed by atoms with van der Waals surface area (Å²) in [4.78, 5) is 10.5. The van der Waals surface area contributed by atoms with Crippen molar-refractivity contribution in [2.24, 2.45) is 5.92 Å². The van der Waals surface area contributed by atoms with E-state index in [1.54, 1.807) is 0 Å². The fourth-order valence-corrected chi connectivity index (χ4v) is 3.77. The Bertz CT molecular complexity index is 734. The summed E-state index contributed by atoms with van der Waals surface area (Å²) in [6.07, 6.45) is 5.75. The van der Waals surface area contributed by atoms with E-state index >= 15 is 0 Å². The van der Waals surface area contributed by atoms with E-state index in [2.05, 4.69) is 25.6 Å². The van der Waals surface area contributed by atoms with Gasteiger partial charge in [-0.1, -0.05) is 6.07 Å². The molecule has 0 radical (unpaired) electrons. The van der Waals surface area contributed by atoms with Crippen LogP contribution in [0.1, 0.15) is 48.7 Å². The van der Waals surface area contributed by atoms with Gasteiger partial charge in [-0.05, 0) is 49.8 Å². The molecule has 2 fully saturated rings. The van der Waals surface area contributed by atoms with Gasteiger partial charge in [-0.2, -0.15) is 13.2 Å². The first-order valence-electron chi connectivity index (χ1n) is 9.24. The van der Waals surface area contributed by atoms with Gasteiger partial charge in [0, 0.05) is 44.1 Å². The summed E-state index contributed by atoms with van der Waals surface area (Å²) in [6, 6.07) is 2.60. The molecule has 2 aromatic rings. The smallest absolute Gasteiger partial charge is 0.334 e. The van der Waals surface area contributed by atoms with Gasteiger partial charge in [-0.15, -0.1) is 0 Å². The van der Waals surface area contributed by atoms with Gasteiger partial charge in [0.25, 0.3) is 0 Å². The molecule has 4 rings (SSSR count). The van der Waals surface area contributed by atoms with E-state index in [-0.39, 0.29) is 0 Å². The highest BCUT2D eigenvalue weighted by Gasteiger charge is 2.32. The van der Waals surface area contributed by atoms with Crippen molar-refractivity contribution in [3.63, 3.8) is 0 Å². The molecular formula is C19H23F3N4. The number of hydrogen-bond acceptors (Lipinski definition) is 3. The molecule has 1 saturated heterocycles. The normalized spacial score (nSPS) is 21.9. The second-order valence-corrected chi connectivity index (χ2v) is 7.50. The quantitative estimate of drug-likeness (QED) is 0.801. The molecule has 1 atom stereocenters. The first kappa shape index (κ1) is 17.5. The molecule has 3 heterocycles. The van der Waals surface area contributed by atoms with Crippen LogP contribution in [0.5, 0.6) is 0 Å². The molecule has 1 saturated carbocycles. The van der Waals surface area contributed by atoms with Crippen molar-refractivity contribution in [3.8, 4) is 0 Å². The Morgan fingerprint density at radius 1 is 1.12 bits per heavy atom. The van der Waals surface area contributed by atoms with Gasteiger partial charge in [0.05, 0.1) is 0 Å². The van der Waals surface area contributed by atoms with Gasteiger partial charge in [-0.25, -0.2) is 4.98 Å². The van der Waals surface area contributed by atoms with E-state index in [9.17, 15) is 13.2 Å². The third-order valence-electron chi connectivity index (χ3n) is 5.29. The van der Waals surface area contributed by atoms with Crippen LogP contribution in [0.4, 0.5) is 13.2 Å². The largest absolute Gasteiger partial charge is 0.433 e. The van der Waals surface area contributed by atoms with Crippen molar-refractivity contribution in [1.82, 2.24) is 19.4 Å². The van der Waals surface area contributed by atoms with Crippen LogP contribution >= 0.6 is 0 Å². The summed E-state index contributed by atoms with van der Waals surface area (Å²) in [5.74, 6) is 2.35. The van der Waals surface area contributed by atoms with Crippen LogP contribution in [0.2, 0.25) is 0 Å². The molecule has 0 bridgehead atoms. The van der Waals surface area contributed by atoms with Crippen LogP contribution in [0, 0.1) is 5.92 Å². The Hall–Kier alpha value is -1.89. The maximum absolute atomic E-state index is 12.6. The lowest BCUT2D eigenvalue weighted by atomic mass is 9.96. The average molecular weight is 364 g/mol. The van der Waals surface area contributed by atoms with E-state index in [1.165, 1.54) is 25.1 Å². The molecule has 4 nitrogen and oxygen atoms in total. The van der Waals surface area contributed by atoms with E-state index in [0.717, 1.165) is 55.8 Å². The molecule has 2 aromatic heterocycles. The van der Waals surface area contributed by atoms with Gasteiger partial charge in [0.15, 0.2) is 0 Å². The lowest BCUT2D eigenvalue weighted by Gasteiger charge is -2.32. The van der Waals surface area contributed by atoms with Crippen molar-refractivity contribution < 1.29 is 13.2 Å². The number of aromatic nitrogens is 3. The fraction of sp³-hybridized carbons (Fsp3) is 0.579. The molecule has 0 spiro atoms. The number of rotatable bonds is 5. The molecule has 0 N–H and O–H groups in total. The van der Waals surface area contributed by atoms with Crippen LogP contribution in [0.25, 0.3) is 0 Å². The molecule has 0 aromatic carbocycles. The number of imidazole rings is 1. The molecule has 140 valence electrons. The third-order valence-corrected chi connectivity index (χ3v) is 5.29. The molecule has 0 amide bonds. The molecule has 1 unspecified atom stereocenters. The van der Waals surface area contributed by atoms with Crippen molar-refractivity contribution in [2.45, 2.75) is 50.9 Å². The molecule has 7 heteroatoms. The summed E-state index contributed by atoms with van der Waals surface area (Å²) < 4.78 is 40.2. The lowest BCUT2D eigenvalue weighted by molar-refractivity contribution is -0.141. The second-order valence-electron chi connectivity index (χ2n) is 7.50. The highest BCUT2D eigenvalue weighted by molar-refractivity contribution is 5.16. The fourth-order valence-electron chi connectivity index (χ4n) is 3.77. The third kappa shape index (κ3) is 4.09. The Labute approximate surface area is 151 Å². The minimum absolute atomic E-state index is 0.389. The number of alkyl halides is 3. The summed E-state index contributed by atoms with van der Waals surface area (Å²) in [5.41, 5.74) is -0.0140. The summed E-state index contributed by atoms with van der Waals surface area (Å²) >= 11 is 0. The van der Waals surface area contributed by atoms with Gasteiger partial charge >= 0.3 is 6.18 Å². The molecule has 2 aliphatic rings.